The van der Waals surface area contributed by atoms with Crippen LogP contribution in [-0.2, 0) is 95.2 Å². The number of amides is 4. The summed E-state index contributed by atoms with van der Waals surface area (Å²) < 4.78 is 68.4. The number of carbonyl (C=O) groups is 9. The van der Waals surface area contributed by atoms with Gasteiger partial charge >= 0.3 is 18.0 Å². The molecule has 13 N–H and O–H groups in total. The van der Waals surface area contributed by atoms with Crippen LogP contribution in [0.3, 0.4) is 0 Å². The lowest BCUT2D eigenvalue weighted by Gasteiger charge is -2.40. The lowest BCUT2D eigenvalue weighted by atomic mass is 9.71. The number of ketones is 3. The molecule has 18 atom stereocenters. The number of hydrogen-bond acceptors (Lipinski definition) is 33. The van der Waals surface area contributed by atoms with Gasteiger partial charge in [-0.25, -0.2) is 4.79 Å². The van der Waals surface area contributed by atoms with Crippen molar-refractivity contribution in [2.75, 3.05) is 137 Å². The van der Waals surface area contributed by atoms with Crippen LogP contribution in [0.15, 0.2) is 0 Å². The number of alkyl carbamates (subject to hydrolysis) is 1. The zero-order valence-corrected chi connectivity index (χ0v) is 78.8. The van der Waals surface area contributed by atoms with Gasteiger partial charge in [0.1, 0.15) is 54.0 Å². The van der Waals surface area contributed by atoms with Crippen molar-refractivity contribution < 1.29 is 151 Å². The molecule has 4 saturated heterocycles. The third kappa shape index (κ3) is 48.7. The summed E-state index contributed by atoms with van der Waals surface area (Å²) >= 11 is 0. The molecule has 4 fully saturated rings. The van der Waals surface area contributed by atoms with Gasteiger partial charge in [-0.15, -0.1) is 0 Å². The number of aliphatic hydroxyl groups excluding tert-OH is 10. The van der Waals surface area contributed by atoms with Crippen molar-refractivity contribution >= 4 is 74.7 Å². The predicted octanol–water partition coefficient (Wildman–Crippen LogP) is 7.09. The monoisotopic (exact) mass is 1870 g/mol. The summed E-state index contributed by atoms with van der Waals surface area (Å²) in [5.74, 6) is -0.913. The van der Waals surface area contributed by atoms with Crippen LogP contribution in [0.4, 0.5) is 4.79 Å². The van der Waals surface area contributed by atoms with Crippen molar-refractivity contribution in [3.63, 3.8) is 0 Å². The third-order valence-electron chi connectivity index (χ3n) is 24.4. The highest BCUT2D eigenvalue weighted by Crippen LogP contribution is 2.40. The molecule has 4 amide bonds. The Morgan fingerprint density at radius 3 is 1.30 bits per heavy atom. The van der Waals surface area contributed by atoms with Crippen LogP contribution in [0.5, 0.6) is 0 Å². The van der Waals surface area contributed by atoms with Crippen molar-refractivity contribution in [1.29, 1.82) is 0 Å². The molecule has 744 valence electrons. The fourth-order valence-corrected chi connectivity index (χ4v) is 18.2. The number of hydrogen-bond donors (Lipinski definition) is 13. The Labute approximate surface area is 766 Å². The molecule has 0 aliphatic carbocycles. The van der Waals surface area contributed by atoms with Crippen molar-refractivity contribution in [1.82, 2.24) is 20.9 Å². The highest BCUT2D eigenvalue weighted by atomic mass is 33.1. The lowest BCUT2D eigenvalue weighted by molar-refractivity contribution is -0.282. The quantitative estimate of drug-likeness (QED) is 0.0125. The van der Waals surface area contributed by atoms with Crippen LogP contribution in [0.2, 0.25) is 0 Å². The first-order chi connectivity index (χ1) is 61.7. The highest BCUT2D eigenvalue weighted by Gasteiger charge is 2.45. The summed E-state index contributed by atoms with van der Waals surface area (Å²) in [6, 6.07) is -0.232. The van der Waals surface area contributed by atoms with E-state index in [9.17, 15) is 94.2 Å². The minimum atomic E-state index is -1.23. The van der Waals surface area contributed by atoms with Gasteiger partial charge in [0.2, 0.25) is 17.7 Å². The van der Waals surface area contributed by atoms with E-state index in [1.165, 1.54) is 0 Å². The van der Waals surface area contributed by atoms with Gasteiger partial charge in [-0.1, -0.05) is 107 Å². The first kappa shape index (κ1) is 116. The van der Waals surface area contributed by atoms with E-state index in [2.05, 4.69) is 16.0 Å². The van der Waals surface area contributed by atoms with Gasteiger partial charge in [0.25, 0.3) is 0 Å². The molecule has 0 bridgehead atoms. The number of ether oxygens (including phenoxy) is 12. The zero-order valence-electron chi connectivity index (χ0n) is 77.2. The topological polar surface area (TPSA) is 506 Å². The number of likely N-dealkylation sites (tertiary alicyclic amines) is 1. The molecule has 0 saturated carbocycles. The summed E-state index contributed by atoms with van der Waals surface area (Å²) in [7, 11) is 4.95. The number of aliphatic hydroxyl groups is 10. The molecule has 0 aromatic rings. The van der Waals surface area contributed by atoms with Gasteiger partial charge in [-0.3, -0.25) is 38.4 Å². The first-order valence-electron chi connectivity index (χ1n) is 47.6. The Kier molecular flexibility index (Phi) is 63.6. The van der Waals surface area contributed by atoms with Gasteiger partial charge in [-0.2, -0.15) is 0 Å². The molecule has 128 heavy (non-hydrogen) atoms. The van der Waals surface area contributed by atoms with Gasteiger partial charge in [-0.05, 0) is 127 Å². The smallest absolute Gasteiger partial charge is 0.407 e. The minimum Gasteiger partial charge on any atom is -0.466 e. The minimum absolute atomic E-state index is 0.0189. The van der Waals surface area contributed by atoms with Gasteiger partial charge < -0.3 is 129 Å². The average Bonchev–Trinajstić information content (AvgIpc) is 1.20. The molecule has 35 nitrogen and oxygen atoms in total. The van der Waals surface area contributed by atoms with Crippen molar-refractivity contribution in [2.24, 2.45) is 29.1 Å². The molecule has 4 aliphatic rings. The van der Waals surface area contributed by atoms with Crippen LogP contribution in [0, 0.1) is 29.1 Å². The van der Waals surface area contributed by atoms with Crippen molar-refractivity contribution in [3.05, 3.63) is 0 Å². The SMILES string of the molecule is CO[C@H]1C[C@H](CO)N(C(=O)CCCC(C)C(=O)CCCSSCCOCCOCCC(=O)CC(CCCOC(=O)CCCCCCCNC(=O)CCCOC2OC(CO)C(O)C(O)C2C)(CCCOC(=O)CCCCCCCNC(=O)CCCOC2OC(CO)C(O)C(O)C2C)CCCOC(=O)NCCCCCCCC(=O)CCCOC2OC(CO)C(O)C(O)C2C)C1. The maximum absolute atomic E-state index is 14.2. The van der Waals surface area contributed by atoms with E-state index in [4.69, 9.17) is 56.8 Å². The fraction of sp³-hybridized carbons (Fsp3) is 0.901. The molecule has 0 radical (unpaired) electrons. The van der Waals surface area contributed by atoms with E-state index in [0.717, 1.165) is 95.0 Å². The second-order valence-corrected chi connectivity index (χ2v) is 37.6. The van der Waals surface area contributed by atoms with E-state index in [0.29, 0.717) is 161 Å². The van der Waals surface area contributed by atoms with Gasteiger partial charge in [0.15, 0.2) is 18.9 Å². The van der Waals surface area contributed by atoms with E-state index >= 15 is 0 Å². The van der Waals surface area contributed by atoms with Crippen LogP contribution in [-0.4, -0.2) is 332 Å². The molecule has 4 heterocycles. The summed E-state index contributed by atoms with van der Waals surface area (Å²) in [6.45, 7) is 9.37. The summed E-state index contributed by atoms with van der Waals surface area (Å²) in [5.41, 5.74) is -0.676. The molecule has 37 heteroatoms. The van der Waals surface area contributed by atoms with Crippen molar-refractivity contribution in [3.8, 4) is 0 Å². The lowest BCUT2D eigenvalue weighted by Crippen LogP contribution is -2.55. The molecule has 0 aromatic heterocycles. The second kappa shape index (κ2) is 70.3. The van der Waals surface area contributed by atoms with Gasteiger partial charge in [0.05, 0.1) is 123 Å². The summed E-state index contributed by atoms with van der Waals surface area (Å²) in [4.78, 5) is 119. The van der Waals surface area contributed by atoms with E-state index in [1.54, 1.807) is 54.4 Å². The molecular formula is C91H162N4O31S2. The highest BCUT2D eigenvalue weighted by molar-refractivity contribution is 8.76. The standard InChI is InChI=1S/C91H162N4O31S2/c1-64(29-21-35-78(105)95-59-71(115-5)57-68(95)60-96)72(102)32-25-55-127-128-56-54-117-53-52-116-51-38-70(101)58-91(39-26-48-118-79(106)36-16-10-7-12-18-42-92-76(103)33-23-46-121-88-66(3)82(109)85(112)74(62-98)125-88,40-27-49-119-80(107)37-17-11-8-13-19-43-93-77(104)34-24-47-122-89-67(4)83(110)86(113)75(63-99)126-89)41-28-50-123-90(114)94-44-20-14-6-9-15-30-69(100)31-22-45-120-87-65(2)81(108)84(111)73(61-97)124-87/h64-68,71,73-75,81-89,96-99,108-113H,6-63H2,1-5H3,(H,92,103)(H,93,104)(H,94,114)/t64?,65?,66?,67?,68-,71+,73?,74?,75?,81?,82?,83?,84?,85?,86?,87?,88?,89?,91?/m1/s1. The first-order valence-corrected chi connectivity index (χ1v) is 50.1. The zero-order chi connectivity index (χ0) is 93.7. The van der Waals surface area contributed by atoms with Crippen LogP contribution >= 0.6 is 21.6 Å². The van der Waals surface area contributed by atoms with E-state index < -0.39 is 123 Å². The summed E-state index contributed by atoms with van der Waals surface area (Å²) in [5, 5.41) is 108. The number of carbonyl (C=O) groups excluding carboxylic acids is 9. The van der Waals surface area contributed by atoms with Crippen LogP contribution in [0.1, 0.15) is 272 Å². The van der Waals surface area contributed by atoms with Crippen LogP contribution in [0.25, 0.3) is 0 Å². The van der Waals surface area contributed by atoms with Gasteiger partial charge in [0, 0.05) is 133 Å². The fourth-order valence-electron chi connectivity index (χ4n) is 16.2. The Morgan fingerprint density at radius 2 is 0.836 bits per heavy atom. The number of nitrogens with zero attached hydrogens (tertiary/aromatic N) is 1. The van der Waals surface area contributed by atoms with E-state index in [-0.39, 0.29) is 163 Å². The Morgan fingerprint density at radius 1 is 0.414 bits per heavy atom. The number of esters is 2. The number of nitrogens with one attached hydrogen (secondary N) is 3. The third-order valence-corrected chi connectivity index (χ3v) is 26.9. The molecule has 4 aliphatic heterocycles. The normalized spacial score (nSPS) is 24.9. The average molecular weight is 1870 g/mol. The molecular weight excluding hydrogens is 1710 g/mol. The Hall–Kier alpha value is -4.43. The number of rotatable bonds is 77. The van der Waals surface area contributed by atoms with E-state index in [1.807, 2.05) is 6.92 Å². The molecule has 16 unspecified atom stereocenters. The number of Topliss-reactive ketones (excluding diaryl/α,β-unsaturated/α-hetero) is 3. The molecule has 0 aromatic carbocycles. The summed E-state index contributed by atoms with van der Waals surface area (Å²) in [6.07, 6.45) is 7.74. The van der Waals surface area contributed by atoms with Crippen molar-refractivity contribution in [2.45, 2.75) is 358 Å². The maximum Gasteiger partial charge on any atom is 0.407 e. The number of unbranched alkanes of at least 4 members (excludes halogenated alkanes) is 12. The Bertz CT molecular complexity index is 2790. The van der Waals surface area contributed by atoms with Crippen LogP contribution < -0.4 is 16.0 Å². The predicted molar refractivity (Wildman–Crippen MR) is 478 cm³/mol. The number of methoxy groups -OCH3 is 1. The molecule has 4 rings (SSSR count). The largest absolute Gasteiger partial charge is 0.466 e. The Balaban J connectivity index is 1.24. The maximum atomic E-state index is 14.2. The second-order valence-electron chi connectivity index (χ2n) is 34.9. The molecule has 0 spiro atoms.